The molecule has 1 aromatic rings. The lowest BCUT2D eigenvalue weighted by atomic mass is 10.1. The number of hydrogen-bond donors (Lipinski definition) is 1. The van der Waals surface area contributed by atoms with E-state index in [0.717, 1.165) is 19.3 Å². The maximum absolute atomic E-state index is 12.1. The molecular formula is C14H21N3O3. The molecular weight excluding hydrogens is 258 g/mol. The first-order chi connectivity index (χ1) is 9.60. The van der Waals surface area contributed by atoms with Crippen molar-refractivity contribution >= 4 is 5.91 Å². The second kappa shape index (κ2) is 6.65. The lowest BCUT2D eigenvalue weighted by Gasteiger charge is -2.12. The van der Waals surface area contributed by atoms with E-state index in [0.29, 0.717) is 19.1 Å². The molecule has 20 heavy (non-hydrogen) atoms. The van der Waals surface area contributed by atoms with Crippen LogP contribution in [0, 0.1) is 5.92 Å². The quantitative estimate of drug-likeness (QED) is 0.865. The third-order valence-corrected chi connectivity index (χ3v) is 3.64. The first-order valence-electron chi connectivity index (χ1n) is 6.98. The van der Waals surface area contributed by atoms with Crippen LogP contribution in [0.15, 0.2) is 16.9 Å². The molecule has 0 bridgehead atoms. The Bertz CT molecular complexity index is 527. The number of aromatic nitrogens is 2. The van der Waals surface area contributed by atoms with E-state index < -0.39 is 0 Å². The summed E-state index contributed by atoms with van der Waals surface area (Å²) in [7, 11) is 1.56. The lowest BCUT2D eigenvalue weighted by molar-refractivity contribution is 0.0928. The zero-order chi connectivity index (χ0) is 14.5. The summed E-state index contributed by atoms with van der Waals surface area (Å²) in [6.07, 6.45) is 3.16. The molecule has 1 fully saturated rings. The van der Waals surface area contributed by atoms with Gasteiger partial charge in [-0.1, -0.05) is 6.92 Å². The molecule has 1 heterocycles. The number of nitrogens with zero attached hydrogens (tertiary/aromatic N) is 2. The molecule has 0 aliphatic heterocycles. The molecule has 0 aromatic carbocycles. The van der Waals surface area contributed by atoms with Crippen molar-refractivity contribution in [2.75, 3.05) is 13.7 Å². The number of carbonyl (C=O) groups is 1. The molecule has 0 saturated heterocycles. The van der Waals surface area contributed by atoms with Crippen LogP contribution in [0.5, 0.6) is 0 Å². The number of amides is 1. The minimum atomic E-state index is -0.229. The van der Waals surface area contributed by atoms with Gasteiger partial charge >= 0.3 is 0 Å². The Labute approximate surface area is 118 Å². The Kier molecular flexibility index (Phi) is 4.89. The highest BCUT2D eigenvalue weighted by Crippen LogP contribution is 2.24. The van der Waals surface area contributed by atoms with Gasteiger partial charge in [-0.25, -0.2) is 4.68 Å². The summed E-state index contributed by atoms with van der Waals surface area (Å²) in [4.78, 5) is 23.7. The van der Waals surface area contributed by atoms with Crippen LogP contribution in [0.25, 0.3) is 0 Å². The molecule has 2 unspecified atom stereocenters. The summed E-state index contributed by atoms with van der Waals surface area (Å²) in [5.41, 5.74) is 0.0494. The summed E-state index contributed by atoms with van der Waals surface area (Å²) in [6, 6.07) is 3.06. The molecule has 2 rings (SSSR count). The van der Waals surface area contributed by atoms with Gasteiger partial charge < -0.3 is 10.1 Å². The zero-order valence-electron chi connectivity index (χ0n) is 12.0. The Morgan fingerprint density at radius 2 is 2.30 bits per heavy atom. The van der Waals surface area contributed by atoms with E-state index in [1.54, 1.807) is 7.11 Å². The average molecular weight is 279 g/mol. The summed E-state index contributed by atoms with van der Waals surface area (Å²) >= 11 is 0. The fraction of sp³-hybridized carbons (Fsp3) is 0.643. The molecule has 2 atom stereocenters. The van der Waals surface area contributed by atoms with Crippen LogP contribution in [-0.4, -0.2) is 35.4 Å². The smallest absolute Gasteiger partial charge is 0.271 e. The SMILES string of the molecule is COCCn1nc(C(=O)NC2CCC(C)C2)ccc1=O. The van der Waals surface area contributed by atoms with Gasteiger partial charge in [0.05, 0.1) is 13.2 Å². The molecule has 1 aliphatic rings. The van der Waals surface area contributed by atoms with E-state index in [9.17, 15) is 9.59 Å². The van der Waals surface area contributed by atoms with Gasteiger partial charge in [-0.15, -0.1) is 0 Å². The van der Waals surface area contributed by atoms with Gasteiger partial charge in [-0.3, -0.25) is 9.59 Å². The second-order valence-electron chi connectivity index (χ2n) is 5.36. The largest absolute Gasteiger partial charge is 0.383 e. The van der Waals surface area contributed by atoms with Crippen LogP contribution in [0.2, 0.25) is 0 Å². The van der Waals surface area contributed by atoms with Crippen molar-refractivity contribution in [3.63, 3.8) is 0 Å². The minimum absolute atomic E-state index is 0.213. The zero-order valence-corrected chi connectivity index (χ0v) is 12.0. The van der Waals surface area contributed by atoms with Crippen molar-refractivity contribution in [3.8, 4) is 0 Å². The summed E-state index contributed by atoms with van der Waals surface area (Å²) < 4.78 is 6.18. The fourth-order valence-corrected chi connectivity index (χ4v) is 2.51. The topological polar surface area (TPSA) is 73.2 Å². The van der Waals surface area contributed by atoms with E-state index in [1.165, 1.54) is 16.8 Å². The van der Waals surface area contributed by atoms with Crippen LogP contribution in [0.1, 0.15) is 36.7 Å². The van der Waals surface area contributed by atoms with Crippen molar-refractivity contribution < 1.29 is 9.53 Å². The van der Waals surface area contributed by atoms with Gasteiger partial charge in [-0.2, -0.15) is 5.10 Å². The molecule has 1 aromatic heterocycles. The highest BCUT2D eigenvalue weighted by molar-refractivity contribution is 5.92. The van der Waals surface area contributed by atoms with E-state index in [4.69, 9.17) is 4.74 Å². The predicted octanol–water partition coefficient (Wildman–Crippen LogP) is 0.808. The molecule has 110 valence electrons. The molecule has 1 amide bonds. The summed E-state index contributed by atoms with van der Waals surface area (Å²) in [5, 5.41) is 7.06. The molecule has 6 nitrogen and oxygen atoms in total. The highest BCUT2D eigenvalue weighted by Gasteiger charge is 2.23. The van der Waals surface area contributed by atoms with Crippen molar-refractivity contribution in [1.29, 1.82) is 0 Å². The minimum Gasteiger partial charge on any atom is -0.383 e. The Hall–Kier alpha value is -1.69. The van der Waals surface area contributed by atoms with Crippen LogP contribution < -0.4 is 10.9 Å². The molecule has 6 heteroatoms. The number of nitrogens with one attached hydrogen (secondary N) is 1. The molecule has 0 radical (unpaired) electrons. The van der Waals surface area contributed by atoms with Crippen molar-refractivity contribution in [2.45, 2.75) is 38.8 Å². The number of carbonyl (C=O) groups excluding carboxylic acids is 1. The van der Waals surface area contributed by atoms with Gasteiger partial charge in [0.2, 0.25) is 0 Å². The Balaban J connectivity index is 2.04. The maximum atomic E-state index is 12.1. The first-order valence-corrected chi connectivity index (χ1v) is 6.98. The van der Waals surface area contributed by atoms with E-state index in [-0.39, 0.29) is 23.2 Å². The molecule has 1 N–H and O–H groups in total. The van der Waals surface area contributed by atoms with E-state index >= 15 is 0 Å². The van der Waals surface area contributed by atoms with Gasteiger partial charge in [-0.05, 0) is 31.2 Å². The van der Waals surface area contributed by atoms with E-state index in [1.807, 2.05) is 0 Å². The molecule has 1 saturated carbocycles. The van der Waals surface area contributed by atoms with Crippen LogP contribution in [0.3, 0.4) is 0 Å². The van der Waals surface area contributed by atoms with Gasteiger partial charge in [0.15, 0.2) is 0 Å². The first kappa shape index (κ1) is 14.7. The molecule has 0 spiro atoms. The van der Waals surface area contributed by atoms with Crippen LogP contribution >= 0.6 is 0 Å². The monoisotopic (exact) mass is 279 g/mol. The number of methoxy groups -OCH3 is 1. The van der Waals surface area contributed by atoms with Crippen LogP contribution in [-0.2, 0) is 11.3 Å². The normalized spacial score (nSPS) is 21.9. The molecule has 1 aliphatic carbocycles. The third kappa shape index (κ3) is 3.66. The Morgan fingerprint density at radius 3 is 2.95 bits per heavy atom. The van der Waals surface area contributed by atoms with Crippen molar-refractivity contribution in [2.24, 2.45) is 5.92 Å². The van der Waals surface area contributed by atoms with Crippen molar-refractivity contribution in [1.82, 2.24) is 15.1 Å². The van der Waals surface area contributed by atoms with Crippen molar-refractivity contribution in [3.05, 3.63) is 28.2 Å². The lowest BCUT2D eigenvalue weighted by Crippen LogP contribution is -2.35. The number of hydrogen-bond acceptors (Lipinski definition) is 4. The fourth-order valence-electron chi connectivity index (χ4n) is 2.51. The highest BCUT2D eigenvalue weighted by atomic mass is 16.5. The maximum Gasteiger partial charge on any atom is 0.271 e. The third-order valence-electron chi connectivity index (χ3n) is 3.64. The Morgan fingerprint density at radius 1 is 1.50 bits per heavy atom. The van der Waals surface area contributed by atoms with Gasteiger partial charge in [0.25, 0.3) is 11.5 Å². The average Bonchev–Trinajstić information content (AvgIpc) is 2.83. The number of rotatable bonds is 5. The number of ether oxygens (including phenoxy) is 1. The summed E-state index contributed by atoms with van der Waals surface area (Å²) in [6.45, 7) is 2.92. The second-order valence-corrected chi connectivity index (χ2v) is 5.36. The van der Waals surface area contributed by atoms with Crippen LogP contribution in [0.4, 0.5) is 0 Å². The standard InChI is InChI=1S/C14H21N3O3/c1-10-3-4-11(9-10)15-14(19)12-5-6-13(18)17(16-12)7-8-20-2/h5-6,10-11H,3-4,7-9H2,1-2H3,(H,15,19). The van der Waals surface area contributed by atoms with Gasteiger partial charge in [0.1, 0.15) is 5.69 Å². The van der Waals surface area contributed by atoms with Gasteiger partial charge in [0, 0.05) is 19.2 Å². The summed E-state index contributed by atoms with van der Waals surface area (Å²) in [5.74, 6) is 0.444. The predicted molar refractivity (Wildman–Crippen MR) is 74.6 cm³/mol. The van der Waals surface area contributed by atoms with E-state index in [2.05, 4.69) is 17.3 Å².